The van der Waals surface area contributed by atoms with Gasteiger partial charge in [0, 0.05) is 34.8 Å². The van der Waals surface area contributed by atoms with Gasteiger partial charge in [-0.1, -0.05) is 72.0 Å². The number of hydrogen-bond acceptors (Lipinski definition) is 3. The molecule has 5 nitrogen and oxygen atoms in total. The van der Waals surface area contributed by atoms with E-state index in [9.17, 15) is 0 Å². The molecule has 35 heavy (non-hydrogen) atoms. The molecular formula is C30H28N4O. The van der Waals surface area contributed by atoms with Crippen molar-refractivity contribution in [1.82, 2.24) is 14.7 Å². The number of aryl methyl sites for hydroxylation is 3. The first-order valence-corrected chi connectivity index (χ1v) is 12.0. The molecule has 1 unspecified atom stereocenters. The Morgan fingerprint density at radius 2 is 1.71 bits per heavy atom. The van der Waals surface area contributed by atoms with Crippen LogP contribution in [0.25, 0.3) is 33.7 Å². The number of aromatic nitrogens is 3. The fourth-order valence-electron chi connectivity index (χ4n) is 4.62. The molecule has 0 aliphatic carbocycles. The van der Waals surface area contributed by atoms with Crippen LogP contribution in [-0.4, -0.2) is 14.7 Å². The fraction of sp³-hybridized carbons (Fsp3) is 0.167. The Balaban J connectivity index is 1.33. The average Bonchev–Trinajstić information content (AvgIpc) is 3.44. The highest BCUT2D eigenvalue weighted by Gasteiger charge is 2.18. The van der Waals surface area contributed by atoms with E-state index in [1.54, 1.807) is 0 Å². The predicted octanol–water partition coefficient (Wildman–Crippen LogP) is 5.41. The number of quaternary nitrogens is 1. The van der Waals surface area contributed by atoms with Crippen molar-refractivity contribution in [2.75, 3.05) is 0 Å². The van der Waals surface area contributed by atoms with Crippen LogP contribution in [0.15, 0.2) is 83.7 Å². The molecule has 0 saturated carbocycles. The minimum Gasteiger partial charge on any atom is -0.421 e. The maximum Gasteiger partial charge on any atom is 0.260 e. The topological polar surface area (TPSA) is 48.3 Å². The summed E-state index contributed by atoms with van der Waals surface area (Å²) in [6, 6.07) is 21.6. The zero-order valence-electron chi connectivity index (χ0n) is 20.2. The fourth-order valence-corrected chi connectivity index (χ4v) is 4.62. The van der Waals surface area contributed by atoms with Crippen molar-refractivity contribution in [3.63, 3.8) is 0 Å². The van der Waals surface area contributed by atoms with Gasteiger partial charge < -0.3 is 14.0 Å². The number of benzene rings is 3. The van der Waals surface area contributed by atoms with E-state index in [-0.39, 0.29) is 0 Å². The molecule has 0 bridgehead atoms. The van der Waals surface area contributed by atoms with Crippen LogP contribution >= 0.6 is 0 Å². The summed E-state index contributed by atoms with van der Waals surface area (Å²) in [5.41, 5.74) is 9.45. The van der Waals surface area contributed by atoms with Gasteiger partial charge >= 0.3 is 0 Å². The quantitative estimate of drug-likeness (QED) is 0.345. The van der Waals surface area contributed by atoms with Gasteiger partial charge in [0.1, 0.15) is 0 Å². The van der Waals surface area contributed by atoms with Gasteiger partial charge in [0.2, 0.25) is 5.82 Å². The molecule has 1 aliphatic heterocycles. The summed E-state index contributed by atoms with van der Waals surface area (Å²) < 4.78 is 8.05. The lowest BCUT2D eigenvalue weighted by molar-refractivity contribution is -0.840. The van der Waals surface area contributed by atoms with Crippen molar-refractivity contribution in [3.05, 3.63) is 113 Å². The number of nitrogens with one attached hydrogen (secondary N) is 1. The second-order valence-corrected chi connectivity index (χ2v) is 9.51. The van der Waals surface area contributed by atoms with Gasteiger partial charge in [-0.3, -0.25) is 0 Å². The molecular weight excluding hydrogens is 432 g/mol. The highest BCUT2D eigenvalue weighted by Crippen LogP contribution is 2.32. The van der Waals surface area contributed by atoms with Gasteiger partial charge in [0.05, 0.1) is 12.1 Å². The molecule has 3 heterocycles. The number of nitrogens with zero attached hydrogens (tertiary/aromatic N) is 3. The summed E-state index contributed by atoms with van der Waals surface area (Å²) in [7, 11) is 0. The molecule has 0 saturated heterocycles. The van der Waals surface area contributed by atoms with Crippen LogP contribution in [-0.2, 0) is 13.1 Å². The van der Waals surface area contributed by atoms with Crippen LogP contribution in [0.4, 0.5) is 0 Å². The molecule has 174 valence electrons. The predicted molar refractivity (Wildman–Crippen MR) is 139 cm³/mol. The summed E-state index contributed by atoms with van der Waals surface area (Å²) >= 11 is 0. The zero-order chi connectivity index (χ0) is 23.9. The maximum atomic E-state index is 5.78. The molecule has 1 aliphatic rings. The summed E-state index contributed by atoms with van der Waals surface area (Å²) in [5.74, 6) is 1.15. The van der Waals surface area contributed by atoms with Crippen molar-refractivity contribution < 1.29 is 9.42 Å². The molecule has 5 aromatic rings. The Morgan fingerprint density at radius 3 is 2.46 bits per heavy atom. The third-order valence-electron chi connectivity index (χ3n) is 6.86. The van der Waals surface area contributed by atoms with Crippen molar-refractivity contribution in [1.29, 1.82) is 0 Å². The Hall–Kier alpha value is -4.09. The standard InChI is InChI=1S/C30H28N4O/c1-20-5-12-28-26(15-20)27(19-34(28)18-24-7-6-21(2)22(3)16-24)30-31-29(32-35-30)25-10-8-23(9-11-25)17-33-13-4-14-33/h4-16,19,33H,17-18H2,1-3H3. The molecule has 1 N–H and O–H groups in total. The Morgan fingerprint density at radius 1 is 0.914 bits per heavy atom. The average molecular weight is 461 g/mol. The smallest absolute Gasteiger partial charge is 0.260 e. The van der Waals surface area contributed by atoms with Gasteiger partial charge in [-0.05, 0) is 49.6 Å². The van der Waals surface area contributed by atoms with Crippen molar-refractivity contribution >= 4 is 10.9 Å². The number of fused-ring (bicyclic) bond motifs is 1. The lowest BCUT2D eigenvalue weighted by Crippen LogP contribution is -3.06. The molecule has 0 fully saturated rings. The Labute approximate surface area is 205 Å². The molecule has 5 heteroatoms. The Bertz CT molecular complexity index is 1560. The maximum absolute atomic E-state index is 5.78. The molecule has 2 aromatic heterocycles. The monoisotopic (exact) mass is 460 g/mol. The SMILES string of the molecule is Cc1ccc2c(c1)c(-c1nc(-c3ccc(C[NH+]4C=C[CH-]4)cc3)no1)cn2Cc1ccc(C)c(C)c1. The zero-order valence-corrected chi connectivity index (χ0v) is 20.2. The van der Waals surface area contributed by atoms with Gasteiger partial charge in [0.25, 0.3) is 5.89 Å². The van der Waals surface area contributed by atoms with Gasteiger partial charge in [-0.2, -0.15) is 4.98 Å². The highest BCUT2D eigenvalue weighted by molar-refractivity contribution is 5.94. The summed E-state index contributed by atoms with van der Waals surface area (Å²) in [6.45, 7) is 10.3. The van der Waals surface area contributed by atoms with E-state index in [0.717, 1.165) is 35.1 Å². The van der Waals surface area contributed by atoms with Crippen LogP contribution in [0.3, 0.4) is 0 Å². The van der Waals surface area contributed by atoms with Crippen molar-refractivity contribution in [2.45, 2.75) is 33.9 Å². The van der Waals surface area contributed by atoms with Gasteiger partial charge in [-0.15, -0.1) is 6.08 Å². The molecule has 0 radical (unpaired) electrons. The molecule has 0 amide bonds. The van der Waals surface area contributed by atoms with E-state index < -0.39 is 0 Å². The van der Waals surface area contributed by atoms with Crippen LogP contribution in [0.2, 0.25) is 0 Å². The third kappa shape index (κ3) is 4.15. The van der Waals surface area contributed by atoms with E-state index in [1.165, 1.54) is 32.7 Å². The Kier molecular flexibility index (Phi) is 5.27. The lowest BCUT2D eigenvalue weighted by atomic mass is 10.1. The molecule has 0 spiro atoms. The summed E-state index contributed by atoms with van der Waals surface area (Å²) in [4.78, 5) is 6.13. The lowest BCUT2D eigenvalue weighted by Gasteiger charge is -2.29. The number of rotatable bonds is 6. The van der Waals surface area contributed by atoms with Crippen LogP contribution in [0.5, 0.6) is 0 Å². The van der Waals surface area contributed by atoms with Gasteiger partial charge in [-0.25, -0.2) is 0 Å². The van der Waals surface area contributed by atoms with E-state index in [0.29, 0.717) is 11.7 Å². The minimum atomic E-state index is 0.545. The third-order valence-corrected chi connectivity index (χ3v) is 6.86. The summed E-state index contributed by atoms with van der Waals surface area (Å²) in [5, 5.41) is 5.43. The molecule has 1 atom stereocenters. The highest BCUT2D eigenvalue weighted by atomic mass is 16.5. The van der Waals surface area contributed by atoms with E-state index in [2.05, 4.69) is 116 Å². The second-order valence-electron chi connectivity index (χ2n) is 9.51. The number of hydrogen-bond donors (Lipinski definition) is 1. The van der Waals surface area contributed by atoms with Crippen LogP contribution in [0.1, 0.15) is 27.8 Å². The van der Waals surface area contributed by atoms with Crippen LogP contribution < -0.4 is 4.90 Å². The first-order chi connectivity index (χ1) is 17.0. The summed E-state index contributed by atoms with van der Waals surface area (Å²) in [6.07, 6.45) is 6.36. The molecule has 3 aromatic carbocycles. The van der Waals surface area contributed by atoms with Crippen molar-refractivity contribution in [2.24, 2.45) is 0 Å². The first-order valence-electron chi connectivity index (χ1n) is 12.0. The second kappa shape index (κ2) is 8.60. The first kappa shape index (κ1) is 21.4. The van der Waals surface area contributed by atoms with E-state index in [4.69, 9.17) is 9.51 Å². The normalized spacial score (nSPS) is 14.8. The van der Waals surface area contributed by atoms with Crippen LogP contribution in [0, 0.1) is 27.3 Å². The molecule has 6 rings (SSSR count). The van der Waals surface area contributed by atoms with E-state index >= 15 is 0 Å². The largest absolute Gasteiger partial charge is 0.421 e. The van der Waals surface area contributed by atoms with Gasteiger partial charge in [0.15, 0.2) is 0 Å². The van der Waals surface area contributed by atoms with E-state index in [1.807, 2.05) is 0 Å². The van der Waals surface area contributed by atoms with Crippen molar-refractivity contribution in [3.8, 4) is 22.8 Å². The minimum absolute atomic E-state index is 0.545.